The molecule has 3 rings (SSSR count). The Balaban J connectivity index is 1.97. The summed E-state index contributed by atoms with van der Waals surface area (Å²) in [4.78, 5) is 14.5. The maximum Gasteiger partial charge on any atom is 0.435 e. The molecule has 0 unspecified atom stereocenters. The molecule has 0 atom stereocenters. The molecule has 1 amide bonds. The molecule has 27 heavy (non-hydrogen) atoms. The fraction of sp³-hybridized carbons (Fsp3) is 0.188. The molecule has 0 aliphatic heterocycles. The van der Waals surface area contributed by atoms with Gasteiger partial charge in [-0.1, -0.05) is 5.21 Å². The van der Waals surface area contributed by atoms with Crippen molar-refractivity contribution < 1.29 is 22.4 Å². The molecular formula is C16H11BrF4N4OS. The normalized spacial score (nSPS) is 11.6. The van der Waals surface area contributed by atoms with E-state index in [2.05, 4.69) is 26.2 Å². The smallest absolute Gasteiger partial charge is 0.335 e. The third-order valence-corrected chi connectivity index (χ3v) is 5.19. The topological polar surface area (TPSA) is 51.0 Å². The number of thiophene rings is 1. The van der Waals surface area contributed by atoms with Crippen LogP contribution in [0, 0.1) is 5.82 Å². The molecule has 0 saturated carbocycles. The highest BCUT2D eigenvalue weighted by molar-refractivity contribution is 9.11. The summed E-state index contributed by atoms with van der Waals surface area (Å²) in [5, 5.41) is 6.92. The highest BCUT2D eigenvalue weighted by Crippen LogP contribution is 2.33. The van der Waals surface area contributed by atoms with Gasteiger partial charge >= 0.3 is 6.18 Å². The monoisotopic (exact) mass is 462 g/mol. The van der Waals surface area contributed by atoms with Crippen LogP contribution in [0.15, 0.2) is 40.2 Å². The van der Waals surface area contributed by atoms with Crippen LogP contribution in [0.2, 0.25) is 0 Å². The number of alkyl halides is 3. The van der Waals surface area contributed by atoms with Crippen LogP contribution in [0.3, 0.4) is 0 Å². The standard InChI is InChI=1S/C16H11BrF4N4OS/c1-24(8-11-6-7-12(17)27-11)15(26)13-14(16(19,20)21)25(23-22-13)10-4-2-9(18)3-5-10/h2-7H,8H2,1H3. The van der Waals surface area contributed by atoms with Gasteiger partial charge in [0.2, 0.25) is 0 Å². The summed E-state index contributed by atoms with van der Waals surface area (Å²) in [6, 6.07) is 7.79. The Labute approximate surface area is 163 Å². The third kappa shape index (κ3) is 4.19. The molecule has 0 saturated heterocycles. The van der Waals surface area contributed by atoms with Crippen molar-refractivity contribution in [1.29, 1.82) is 0 Å². The van der Waals surface area contributed by atoms with E-state index in [4.69, 9.17) is 0 Å². The van der Waals surface area contributed by atoms with Gasteiger partial charge in [0.05, 0.1) is 16.0 Å². The number of halogens is 5. The van der Waals surface area contributed by atoms with Crippen molar-refractivity contribution in [3.05, 3.63) is 62.3 Å². The molecule has 5 nitrogen and oxygen atoms in total. The van der Waals surface area contributed by atoms with Crippen molar-refractivity contribution in [2.75, 3.05) is 7.05 Å². The van der Waals surface area contributed by atoms with E-state index in [9.17, 15) is 22.4 Å². The van der Waals surface area contributed by atoms with Gasteiger partial charge in [-0.05, 0) is 52.3 Å². The Morgan fingerprint density at radius 1 is 1.22 bits per heavy atom. The first-order chi connectivity index (χ1) is 12.7. The zero-order chi connectivity index (χ0) is 19.8. The van der Waals surface area contributed by atoms with Crippen molar-refractivity contribution in [3.63, 3.8) is 0 Å². The van der Waals surface area contributed by atoms with Crippen LogP contribution < -0.4 is 0 Å². The SMILES string of the molecule is CN(Cc1ccc(Br)s1)C(=O)c1nnn(-c2ccc(F)cc2)c1C(F)(F)F. The number of hydrogen-bond donors (Lipinski definition) is 0. The summed E-state index contributed by atoms with van der Waals surface area (Å²) < 4.78 is 55.2. The maximum absolute atomic E-state index is 13.6. The molecule has 0 aliphatic rings. The fourth-order valence-electron chi connectivity index (χ4n) is 2.37. The van der Waals surface area contributed by atoms with Crippen molar-refractivity contribution in [2.45, 2.75) is 12.7 Å². The van der Waals surface area contributed by atoms with Crippen LogP contribution in [0.5, 0.6) is 0 Å². The molecule has 0 aliphatic carbocycles. The lowest BCUT2D eigenvalue weighted by molar-refractivity contribution is -0.143. The first-order valence-corrected chi connectivity index (χ1v) is 9.06. The quantitative estimate of drug-likeness (QED) is 0.535. The minimum atomic E-state index is -4.88. The largest absolute Gasteiger partial charge is 0.435 e. The van der Waals surface area contributed by atoms with E-state index in [-0.39, 0.29) is 12.2 Å². The second-order valence-corrected chi connectivity index (χ2v) is 8.09. The number of nitrogens with zero attached hydrogens (tertiary/aromatic N) is 4. The van der Waals surface area contributed by atoms with Crippen LogP contribution in [0.4, 0.5) is 17.6 Å². The Kier molecular flexibility index (Phi) is 5.33. The fourth-order valence-corrected chi connectivity index (χ4v) is 3.90. The average Bonchev–Trinajstić information content (AvgIpc) is 3.21. The van der Waals surface area contributed by atoms with Gasteiger partial charge in [-0.15, -0.1) is 16.4 Å². The lowest BCUT2D eigenvalue weighted by Crippen LogP contribution is -2.29. The van der Waals surface area contributed by atoms with E-state index in [0.29, 0.717) is 4.68 Å². The van der Waals surface area contributed by atoms with Crippen molar-refractivity contribution >= 4 is 33.2 Å². The van der Waals surface area contributed by atoms with E-state index < -0.39 is 29.3 Å². The van der Waals surface area contributed by atoms with Gasteiger partial charge < -0.3 is 4.90 Å². The van der Waals surface area contributed by atoms with Gasteiger partial charge in [-0.25, -0.2) is 9.07 Å². The number of amides is 1. The van der Waals surface area contributed by atoms with Crippen molar-refractivity contribution in [2.24, 2.45) is 0 Å². The molecule has 1 aromatic carbocycles. The molecule has 2 heterocycles. The van der Waals surface area contributed by atoms with Crippen LogP contribution >= 0.6 is 27.3 Å². The summed E-state index contributed by atoms with van der Waals surface area (Å²) in [6.45, 7) is 0.121. The van der Waals surface area contributed by atoms with Gasteiger partial charge in [0.15, 0.2) is 11.4 Å². The Hall–Kier alpha value is -2.27. The average molecular weight is 463 g/mol. The maximum atomic E-state index is 13.6. The molecule has 0 radical (unpaired) electrons. The zero-order valence-corrected chi connectivity index (χ0v) is 16.1. The minimum absolute atomic E-state index is 0.0554. The lowest BCUT2D eigenvalue weighted by Gasteiger charge is -2.16. The number of rotatable bonds is 4. The van der Waals surface area contributed by atoms with Crippen LogP contribution in [0.1, 0.15) is 21.1 Å². The summed E-state index contributed by atoms with van der Waals surface area (Å²) in [6.07, 6.45) is -4.88. The van der Waals surface area contributed by atoms with E-state index in [0.717, 1.165) is 37.8 Å². The van der Waals surface area contributed by atoms with E-state index >= 15 is 0 Å². The Morgan fingerprint density at radius 3 is 2.44 bits per heavy atom. The summed E-state index contributed by atoms with van der Waals surface area (Å²) in [7, 11) is 1.38. The summed E-state index contributed by atoms with van der Waals surface area (Å²) in [5.41, 5.74) is -2.18. The van der Waals surface area contributed by atoms with Gasteiger partial charge in [0.1, 0.15) is 5.82 Å². The van der Waals surface area contributed by atoms with Crippen molar-refractivity contribution in [1.82, 2.24) is 19.9 Å². The predicted octanol–water partition coefficient (Wildman–Crippen LogP) is 4.52. The minimum Gasteiger partial charge on any atom is -0.335 e. The Bertz CT molecular complexity index is 968. The molecule has 0 bridgehead atoms. The molecule has 2 aromatic heterocycles. The molecule has 11 heteroatoms. The first kappa shape index (κ1) is 19.5. The predicted molar refractivity (Wildman–Crippen MR) is 94.1 cm³/mol. The number of hydrogen-bond acceptors (Lipinski definition) is 4. The number of aromatic nitrogens is 3. The summed E-state index contributed by atoms with van der Waals surface area (Å²) in [5.74, 6) is -1.52. The molecule has 0 N–H and O–H groups in total. The van der Waals surface area contributed by atoms with Crippen LogP contribution in [-0.4, -0.2) is 32.8 Å². The van der Waals surface area contributed by atoms with E-state index in [1.807, 2.05) is 0 Å². The molecule has 142 valence electrons. The number of benzene rings is 1. The molecule has 0 fully saturated rings. The number of carbonyl (C=O) groups is 1. The molecule has 3 aromatic rings. The Morgan fingerprint density at radius 2 is 1.89 bits per heavy atom. The summed E-state index contributed by atoms with van der Waals surface area (Å²) >= 11 is 4.66. The zero-order valence-electron chi connectivity index (χ0n) is 13.7. The van der Waals surface area contributed by atoms with Gasteiger partial charge in [-0.3, -0.25) is 4.79 Å². The van der Waals surface area contributed by atoms with Crippen LogP contribution in [0.25, 0.3) is 5.69 Å². The van der Waals surface area contributed by atoms with Gasteiger partial charge in [-0.2, -0.15) is 13.2 Å². The third-order valence-electron chi connectivity index (χ3n) is 3.58. The van der Waals surface area contributed by atoms with E-state index in [1.54, 1.807) is 12.1 Å². The first-order valence-electron chi connectivity index (χ1n) is 7.45. The second kappa shape index (κ2) is 7.39. The van der Waals surface area contributed by atoms with Crippen molar-refractivity contribution in [3.8, 4) is 5.69 Å². The van der Waals surface area contributed by atoms with Crippen LogP contribution in [-0.2, 0) is 12.7 Å². The molecule has 0 spiro atoms. The van der Waals surface area contributed by atoms with E-state index in [1.165, 1.54) is 18.4 Å². The second-order valence-electron chi connectivity index (χ2n) is 5.54. The number of carbonyl (C=O) groups excluding carboxylic acids is 1. The lowest BCUT2D eigenvalue weighted by atomic mass is 10.2. The highest BCUT2D eigenvalue weighted by Gasteiger charge is 2.42. The van der Waals surface area contributed by atoms with Gasteiger partial charge in [0, 0.05) is 11.9 Å². The highest BCUT2D eigenvalue weighted by atomic mass is 79.9. The van der Waals surface area contributed by atoms with Gasteiger partial charge in [0.25, 0.3) is 5.91 Å². The molecular weight excluding hydrogens is 452 g/mol.